The largest absolute Gasteiger partial charge is 0.496 e. The van der Waals surface area contributed by atoms with Gasteiger partial charge in [-0.1, -0.05) is 31.5 Å². The first-order valence-electron chi connectivity index (χ1n) is 7.22. The summed E-state index contributed by atoms with van der Waals surface area (Å²) >= 11 is 0. The highest BCUT2D eigenvalue weighted by atomic mass is 32.2. The summed E-state index contributed by atoms with van der Waals surface area (Å²) in [4.78, 5) is 11.9. The SMILES string of the molecule is CCCCNC(=O)CN(Cc1ccccc1OC)S(C)(=O)=O. The van der Waals surface area contributed by atoms with Crippen molar-refractivity contribution in [1.29, 1.82) is 0 Å². The number of ether oxygens (including phenoxy) is 1. The van der Waals surface area contributed by atoms with E-state index in [0.717, 1.165) is 29.0 Å². The summed E-state index contributed by atoms with van der Waals surface area (Å²) in [5.74, 6) is 0.302. The molecule has 0 atom stereocenters. The number of para-hydroxylation sites is 1. The second-order valence-electron chi connectivity index (χ2n) is 5.05. The third kappa shape index (κ3) is 6.03. The Balaban J connectivity index is 2.80. The maximum absolute atomic E-state index is 11.9. The fourth-order valence-electron chi connectivity index (χ4n) is 1.93. The average molecular weight is 328 g/mol. The van der Waals surface area contributed by atoms with E-state index in [1.54, 1.807) is 18.2 Å². The highest BCUT2D eigenvalue weighted by molar-refractivity contribution is 7.88. The molecule has 7 heteroatoms. The Kier molecular flexibility index (Phi) is 7.34. The number of methoxy groups -OCH3 is 1. The van der Waals surface area contributed by atoms with Crippen LogP contribution >= 0.6 is 0 Å². The number of nitrogens with one attached hydrogen (secondary N) is 1. The number of rotatable bonds is 9. The van der Waals surface area contributed by atoms with E-state index in [9.17, 15) is 13.2 Å². The fourth-order valence-corrected chi connectivity index (χ4v) is 2.66. The lowest BCUT2D eigenvalue weighted by molar-refractivity contribution is -0.121. The zero-order valence-electron chi connectivity index (χ0n) is 13.3. The van der Waals surface area contributed by atoms with E-state index in [1.807, 2.05) is 13.0 Å². The molecule has 1 N–H and O–H groups in total. The van der Waals surface area contributed by atoms with Gasteiger partial charge in [-0.05, 0) is 12.5 Å². The van der Waals surface area contributed by atoms with Crippen molar-refractivity contribution in [2.45, 2.75) is 26.3 Å². The van der Waals surface area contributed by atoms with Crippen molar-refractivity contribution >= 4 is 15.9 Å². The van der Waals surface area contributed by atoms with Crippen molar-refractivity contribution in [3.63, 3.8) is 0 Å². The predicted octanol–water partition coefficient (Wildman–Crippen LogP) is 1.37. The topological polar surface area (TPSA) is 75.7 Å². The number of sulfonamides is 1. The second kappa shape index (κ2) is 8.75. The Bertz CT molecular complexity index is 587. The Labute approximate surface area is 132 Å². The van der Waals surface area contributed by atoms with Crippen LogP contribution in [-0.4, -0.2) is 45.1 Å². The predicted molar refractivity (Wildman–Crippen MR) is 86.2 cm³/mol. The lowest BCUT2D eigenvalue weighted by atomic mass is 10.2. The lowest BCUT2D eigenvalue weighted by Gasteiger charge is -2.20. The highest BCUT2D eigenvalue weighted by Gasteiger charge is 2.21. The molecule has 1 aromatic carbocycles. The van der Waals surface area contributed by atoms with Crippen LogP contribution in [-0.2, 0) is 21.4 Å². The molecule has 1 rings (SSSR count). The third-order valence-electron chi connectivity index (χ3n) is 3.18. The molecule has 0 aliphatic rings. The van der Waals surface area contributed by atoms with Gasteiger partial charge in [-0.25, -0.2) is 8.42 Å². The van der Waals surface area contributed by atoms with Crippen LogP contribution in [0.25, 0.3) is 0 Å². The van der Waals surface area contributed by atoms with Crippen molar-refractivity contribution < 1.29 is 17.9 Å². The lowest BCUT2D eigenvalue weighted by Crippen LogP contribution is -2.40. The van der Waals surface area contributed by atoms with Crippen LogP contribution < -0.4 is 10.1 Å². The number of amides is 1. The van der Waals surface area contributed by atoms with Crippen molar-refractivity contribution in [2.24, 2.45) is 0 Å². The molecule has 0 aromatic heterocycles. The van der Waals surface area contributed by atoms with Gasteiger partial charge in [0.15, 0.2) is 0 Å². The Morgan fingerprint density at radius 2 is 2.00 bits per heavy atom. The van der Waals surface area contributed by atoms with E-state index in [2.05, 4.69) is 5.32 Å². The number of benzene rings is 1. The number of carbonyl (C=O) groups excluding carboxylic acids is 1. The van der Waals surface area contributed by atoms with Crippen LogP contribution in [0.2, 0.25) is 0 Å². The van der Waals surface area contributed by atoms with E-state index >= 15 is 0 Å². The van der Waals surface area contributed by atoms with Gasteiger partial charge in [0.1, 0.15) is 5.75 Å². The van der Waals surface area contributed by atoms with Crippen LogP contribution in [0.3, 0.4) is 0 Å². The molecule has 0 aliphatic carbocycles. The molecule has 0 spiro atoms. The van der Waals surface area contributed by atoms with E-state index in [1.165, 1.54) is 7.11 Å². The van der Waals surface area contributed by atoms with Gasteiger partial charge in [-0.15, -0.1) is 0 Å². The molecule has 0 heterocycles. The molecule has 124 valence electrons. The molecule has 22 heavy (non-hydrogen) atoms. The molecule has 0 aliphatic heterocycles. The van der Waals surface area contributed by atoms with Gasteiger partial charge in [0.25, 0.3) is 0 Å². The summed E-state index contributed by atoms with van der Waals surface area (Å²) in [6.45, 7) is 2.49. The minimum Gasteiger partial charge on any atom is -0.496 e. The van der Waals surface area contributed by atoms with E-state index in [4.69, 9.17) is 4.74 Å². The zero-order valence-corrected chi connectivity index (χ0v) is 14.1. The number of unbranched alkanes of at least 4 members (excludes halogenated alkanes) is 1. The molecule has 0 saturated heterocycles. The Morgan fingerprint density at radius 3 is 2.59 bits per heavy atom. The smallest absolute Gasteiger partial charge is 0.235 e. The normalized spacial score (nSPS) is 11.5. The third-order valence-corrected chi connectivity index (χ3v) is 4.38. The molecule has 0 saturated carbocycles. The van der Waals surface area contributed by atoms with Crippen LogP contribution in [0, 0.1) is 0 Å². The first-order valence-corrected chi connectivity index (χ1v) is 9.07. The van der Waals surface area contributed by atoms with Crippen LogP contribution in [0.1, 0.15) is 25.3 Å². The van der Waals surface area contributed by atoms with Gasteiger partial charge in [-0.3, -0.25) is 4.79 Å². The zero-order chi connectivity index (χ0) is 16.6. The molecule has 0 bridgehead atoms. The second-order valence-corrected chi connectivity index (χ2v) is 7.03. The minimum atomic E-state index is -3.50. The van der Waals surface area contributed by atoms with Gasteiger partial charge in [-0.2, -0.15) is 4.31 Å². The van der Waals surface area contributed by atoms with E-state index in [0.29, 0.717) is 12.3 Å². The van der Waals surface area contributed by atoms with Crippen LogP contribution in [0.4, 0.5) is 0 Å². The molecule has 1 amide bonds. The van der Waals surface area contributed by atoms with Crippen molar-refractivity contribution in [1.82, 2.24) is 9.62 Å². The first kappa shape index (κ1) is 18.4. The Morgan fingerprint density at radius 1 is 1.32 bits per heavy atom. The maximum atomic E-state index is 11.9. The van der Waals surface area contributed by atoms with Gasteiger partial charge in [0, 0.05) is 18.7 Å². The molecule has 0 unspecified atom stereocenters. The first-order chi connectivity index (χ1) is 10.4. The average Bonchev–Trinajstić information content (AvgIpc) is 2.46. The molecule has 6 nitrogen and oxygen atoms in total. The number of nitrogens with zero attached hydrogens (tertiary/aromatic N) is 1. The molecule has 1 aromatic rings. The van der Waals surface area contributed by atoms with E-state index < -0.39 is 10.0 Å². The van der Waals surface area contributed by atoms with E-state index in [-0.39, 0.29) is 19.0 Å². The van der Waals surface area contributed by atoms with Crippen molar-refractivity contribution in [3.8, 4) is 5.75 Å². The molecular formula is C15H24N2O4S. The summed E-state index contributed by atoms with van der Waals surface area (Å²) < 4.78 is 30.2. The van der Waals surface area contributed by atoms with Gasteiger partial charge in [0.05, 0.1) is 19.9 Å². The van der Waals surface area contributed by atoms with Crippen molar-refractivity contribution in [2.75, 3.05) is 26.5 Å². The summed E-state index contributed by atoms with van der Waals surface area (Å²) in [5.41, 5.74) is 0.719. The molecule has 0 fully saturated rings. The fraction of sp³-hybridized carbons (Fsp3) is 0.533. The summed E-state index contributed by atoms with van der Waals surface area (Å²) in [7, 11) is -1.97. The summed E-state index contributed by atoms with van der Waals surface area (Å²) in [5, 5.41) is 2.72. The van der Waals surface area contributed by atoms with Gasteiger partial charge >= 0.3 is 0 Å². The number of carbonyl (C=O) groups is 1. The summed E-state index contributed by atoms with van der Waals surface area (Å²) in [6.07, 6.45) is 2.94. The standard InChI is InChI=1S/C15H24N2O4S/c1-4-5-10-16-15(18)12-17(22(3,19)20)11-13-8-6-7-9-14(13)21-2/h6-9H,4-5,10-12H2,1-3H3,(H,16,18). The van der Waals surface area contributed by atoms with Crippen LogP contribution in [0.15, 0.2) is 24.3 Å². The van der Waals surface area contributed by atoms with Crippen molar-refractivity contribution in [3.05, 3.63) is 29.8 Å². The quantitative estimate of drug-likeness (QED) is 0.695. The number of hydrogen-bond donors (Lipinski definition) is 1. The number of hydrogen-bond acceptors (Lipinski definition) is 4. The maximum Gasteiger partial charge on any atom is 0.235 e. The minimum absolute atomic E-state index is 0.101. The molecule has 0 radical (unpaired) electrons. The monoisotopic (exact) mass is 328 g/mol. The van der Waals surface area contributed by atoms with Gasteiger partial charge in [0.2, 0.25) is 15.9 Å². The Hall–Kier alpha value is -1.60. The highest BCUT2D eigenvalue weighted by Crippen LogP contribution is 2.20. The van der Waals surface area contributed by atoms with Crippen LogP contribution in [0.5, 0.6) is 5.75 Å². The molecular weight excluding hydrogens is 304 g/mol. The van der Waals surface area contributed by atoms with Gasteiger partial charge < -0.3 is 10.1 Å². The summed E-state index contributed by atoms with van der Waals surface area (Å²) in [6, 6.07) is 7.16.